The van der Waals surface area contributed by atoms with Crippen LogP contribution < -0.4 is 0 Å². The maximum atomic E-state index is 4.52. The van der Waals surface area contributed by atoms with Crippen molar-refractivity contribution < 1.29 is 0 Å². The van der Waals surface area contributed by atoms with Crippen molar-refractivity contribution >= 4 is 57.9 Å². The van der Waals surface area contributed by atoms with Crippen LogP contribution in [0.15, 0.2) is 0 Å². The molecule has 0 aromatic heterocycles. The predicted molar refractivity (Wildman–Crippen MR) is 44.2 cm³/mol. The van der Waals surface area contributed by atoms with Crippen molar-refractivity contribution in [3.8, 4) is 0 Å². The van der Waals surface area contributed by atoms with Gasteiger partial charge >= 0.3 is 0 Å². The lowest BCUT2D eigenvalue weighted by Crippen LogP contribution is -1.28. The molecule has 0 unspecified atom stereocenters. The molecule has 0 amide bonds. The van der Waals surface area contributed by atoms with Crippen LogP contribution in [0.1, 0.15) is 0 Å². The third-order valence-electron chi connectivity index (χ3n) is 0.0833. The van der Waals surface area contributed by atoms with E-state index >= 15 is 0 Å². The molecule has 0 saturated heterocycles. The monoisotopic (exact) mass is 192 g/mol. The second-order valence-electron chi connectivity index (χ2n) is 0.272. The minimum Gasteiger partial charge on any atom is 0 e. The van der Waals surface area contributed by atoms with E-state index in [-0.39, 0.29) is 0 Å². The van der Waals surface area contributed by atoms with Gasteiger partial charge in [-0.2, -0.15) is 0 Å². The van der Waals surface area contributed by atoms with E-state index in [4.69, 9.17) is 0 Å². The maximum absolute atomic E-state index is 4.52. The van der Waals surface area contributed by atoms with E-state index in [0.717, 1.165) is 0 Å². The predicted octanol–water partition coefficient (Wildman–Crippen LogP) is -0.0144. The fraction of sp³-hybridized carbons (Fsp3) is 0. The van der Waals surface area contributed by atoms with Crippen LogP contribution in [0.2, 0.25) is 0 Å². The van der Waals surface area contributed by atoms with Crippen molar-refractivity contribution in [3.05, 3.63) is 0 Å². The van der Waals surface area contributed by atoms with E-state index in [1.54, 1.807) is 0 Å². The molecule has 0 heterocycles. The van der Waals surface area contributed by atoms with Gasteiger partial charge in [-0.3, -0.25) is 0 Å². The van der Waals surface area contributed by atoms with Gasteiger partial charge in [-0.15, -0.1) is 0 Å². The first kappa shape index (κ1) is 7.32. The Hall–Kier alpha value is 1.32. The van der Waals surface area contributed by atoms with Crippen molar-refractivity contribution in [1.82, 2.24) is 0 Å². The molecule has 0 aliphatic carbocycles. The molecule has 0 atom stereocenters. The van der Waals surface area contributed by atoms with Crippen LogP contribution in [-0.4, -0.2) is 0 Å². The van der Waals surface area contributed by atoms with E-state index in [1.807, 2.05) is 0 Å². The normalized spacial score (nSPS) is 6.00. The summed E-state index contributed by atoms with van der Waals surface area (Å²) < 4.78 is 0. The fourth-order valence-electron chi connectivity index (χ4n) is 0.0227. The van der Waals surface area contributed by atoms with Crippen molar-refractivity contribution in [2.45, 2.75) is 0 Å². The van der Waals surface area contributed by atoms with Crippen LogP contribution in [0.5, 0.6) is 0 Å². The molecule has 0 saturated carbocycles. The van der Waals surface area contributed by atoms with Crippen LogP contribution in [0.3, 0.4) is 0 Å². The fourth-order valence-corrected chi connectivity index (χ4v) is 5.51. The third-order valence-corrected chi connectivity index (χ3v) is 6.75. The minimum absolute atomic E-state index is 1.30. The Labute approximate surface area is 57.4 Å². The molecule has 0 aliphatic heterocycles. The Morgan fingerprint density at radius 3 is 1.33 bits per heavy atom. The van der Waals surface area contributed by atoms with Crippen LogP contribution in [-0.2, 0) is 57.9 Å². The molecular formula is S6. The number of hydrogen-bond donors (Lipinski definition) is 0. The van der Waals surface area contributed by atoms with Crippen molar-refractivity contribution in [1.29, 1.82) is 0 Å². The molecule has 0 rings (SSSR count). The van der Waals surface area contributed by atoms with Gasteiger partial charge in [-0.05, 0) is 0 Å². The molecule has 6 heavy (non-hydrogen) atoms. The zero-order valence-electron chi connectivity index (χ0n) is 2.45. The summed E-state index contributed by atoms with van der Waals surface area (Å²) in [5.74, 6) is 0. The van der Waals surface area contributed by atoms with E-state index in [0.29, 0.717) is 0 Å². The Bertz CT molecular complexity index is 132. The second-order valence-corrected chi connectivity index (χ2v) is 7.35. The summed E-state index contributed by atoms with van der Waals surface area (Å²) in [5.41, 5.74) is 0. The highest BCUT2D eigenvalue weighted by molar-refractivity contribution is 8.64. The first-order valence-corrected chi connectivity index (χ1v) is 7.50. The summed E-state index contributed by atoms with van der Waals surface area (Å²) in [6.07, 6.45) is 0. The molecule has 0 fully saturated rings. The van der Waals surface area contributed by atoms with Crippen LogP contribution in [0, 0.1) is 0 Å². The van der Waals surface area contributed by atoms with Crippen molar-refractivity contribution in [2.24, 2.45) is 0 Å². The molecule has 36 valence electrons. The standard InChI is InChI=1S/S6/c1-3-5-6-4-2. The van der Waals surface area contributed by atoms with Gasteiger partial charge in [-0.25, -0.2) is 0 Å². The van der Waals surface area contributed by atoms with Crippen LogP contribution >= 0.6 is 0 Å². The molecule has 0 N–H and O–H groups in total. The average Bonchev–Trinajstić information content (AvgIpc) is 1.61. The van der Waals surface area contributed by atoms with Gasteiger partial charge in [-0.1, -0.05) is 0 Å². The van der Waals surface area contributed by atoms with Gasteiger partial charge < -0.3 is 0 Å². The van der Waals surface area contributed by atoms with Crippen molar-refractivity contribution in [3.63, 3.8) is 0 Å². The molecule has 0 aromatic carbocycles. The van der Waals surface area contributed by atoms with Crippen LogP contribution in [0.4, 0.5) is 0 Å². The molecule has 0 spiro atoms. The molecule has 0 radical (unpaired) electrons. The lowest BCUT2D eigenvalue weighted by atomic mass is 30.8. The second kappa shape index (κ2) is 6.32. The van der Waals surface area contributed by atoms with Gasteiger partial charge in [0.15, 0.2) is 0 Å². The van der Waals surface area contributed by atoms with Gasteiger partial charge in [0.05, 0.1) is 0 Å². The van der Waals surface area contributed by atoms with Crippen molar-refractivity contribution in [2.75, 3.05) is 0 Å². The Kier molecular flexibility index (Phi) is 7.71. The first-order chi connectivity index (χ1) is 2.91. The molecule has 6 heteroatoms. The molecule has 0 aliphatic rings. The zero-order valence-corrected chi connectivity index (χ0v) is 7.35. The molecular weight excluding hydrogens is 192 g/mol. The summed E-state index contributed by atoms with van der Waals surface area (Å²) in [4.78, 5) is 0. The zero-order chi connectivity index (χ0) is 4.83. The van der Waals surface area contributed by atoms with Gasteiger partial charge in [0.25, 0.3) is 0 Å². The Morgan fingerprint density at radius 2 is 1.17 bits per heavy atom. The highest BCUT2D eigenvalue weighted by Gasteiger charge is 1.28. The summed E-state index contributed by atoms with van der Waals surface area (Å²) in [7, 11) is 5.63. The third kappa shape index (κ3) is 5.32. The molecule has 0 bridgehead atoms. The number of hydrogen-bond acceptors (Lipinski definition) is 2. The smallest absolute Gasteiger partial charge is 0 e. The van der Waals surface area contributed by atoms with E-state index in [1.165, 1.54) is 35.5 Å². The minimum atomic E-state index is 1.30. The van der Waals surface area contributed by atoms with E-state index < -0.39 is 0 Å². The lowest BCUT2D eigenvalue weighted by Gasteiger charge is -1.27. The lowest BCUT2D eigenvalue weighted by molar-refractivity contribution is 6.09. The number of rotatable bonds is 0. The first-order valence-electron chi connectivity index (χ1n) is 0.833. The summed E-state index contributed by atoms with van der Waals surface area (Å²) in [6, 6.07) is 0. The topological polar surface area (TPSA) is 0 Å². The van der Waals surface area contributed by atoms with E-state index in [9.17, 15) is 0 Å². The Morgan fingerprint density at radius 1 is 0.833 bits per heavy atom. The maximum Gasteiger partial charge on any atom is 0 e. The van der Waals surface area contributed by atoms with Gasteiger partial charge in [0.2, 0.25) is 0 Å². The Balaban J connectivity index is 4.68. The molecule has 0 aromatic rings. The largest absolute Gasteiger partial charge is 0 e. The average molecular weight is 192 g/mol. The summed E-state index contributed by atoms with van der Waals surface area (Å²) in [6.45, 7) is 0. The van der Waals surface area contributed by atoms with Gasteiger partial charge in [0, 0.05) is 57.9 Å². The highest BCUT2D eigenvalue weighted by atomic mass is 33.3. The summed E-state index contributed by atoms with van der Waals surface area (Å²) in [5, 5.41) is 0. The van der Waals surface area contributed by atoms with E-state index in [2.05, 4.69) is 22.4 Å². The molecule has 0 nitrogen and oxygen atoms in total. The highest BCUT2D eigenvalue weighted by Crippen LogP contribution is 1.27. The quantitative estimate of drug-likeness (QED) is 0.529. The SMILES string of the molecule is S=S=S=S=S=S. The van der Waals surface area contributed by atoms with Crippen LogP contribution in [0.25, 0.3) is 0 Å². The summed E-state index contributed by atoms with van der Waals surface area (Å²) >= 11 is 9.03. The van der Waals surface area contributed by atoms with Gasteiger partial charge in [0.1, 0.15) is 0 Å².